The van der Waals surface area contributed by atoms with Crippen molar-refractivity contribution >= 4 is 36.8 Å². The molecule has 1 atom stereocenters. The first-order valence-electron chi connectivity index (χ1n) is 3.31. The van der Waals surface area contributed by atoms with Gasteiger partial charge in [0.15, 0.2) is 0 Å². The average molecular weight is 278 g/mol. The summed E-state index contributed by atoms with van der Waals surface area (Å²) in [5.41, 5.74) is 0. The predicted octanol–water partition coefficient (Wildman–Crippen LogP) is 0.0268. The third-order valence-electron chi connectivity index (χ3n) is 1.07. The van der Waals surface area contributed by atoms with Gasteiger partial charge in [-0.05, 0) is 6.42 Å². The van der Waals surface area contributed by atoms with Crippen LogP contribution in [-0.4, -0.2) is 35.8 Å². The summed E-state index contributed by atoms with van der Waals surface area (Å²) in [7, 11) is -3.99. The van der Waals surface area contributed by atoms with Crippen LogP contribution in [-0.2, 0) is 20.8 Å². The van der Waals surface area contributed by atoms with Crippen LogP contribution in [0.25, 0.3) is 0 Å². The van der Waals surface area contributed by atoms with Gasteiger partial charge in [0.1, 0.15) is 4.66 Å². The highest BCUT2D eigenvalue weighted by Crippen LogP contribution is 1.91. The van der Waals surface area contributed by atoms with E-state index in [1.165, 1.54) is 0 Å². The van der Waals surface area contributed by atoms with E-state index in [4.69, 9.17) is 0 Å². The maximum absolute atomic E-state index is 10.8. The Labute approximate surface area is 83.8 Å². The first kappa shape index (κ1) is 12.5. The lowest BCUT2D eigenvalue weighted by Crippen LogP contribution is -2.26. The SMILES string of the molecule is CS(=O)CCCNS(=O)(=O)CBr. The topological polar surface area (TPSA) is 63.2 Å². The lowest BCUT2D eigenvalue weighted by atomic mass is 10.5. The molecule has 0 aromatic rings. The average Bonchev–Trinajstić information content (AvgIpc) is 1.98. The van der Waals surface area contributed by atoms with Gasteiger partial charge in [0.05, 0.1) is 0 Å². The van der Waals surface area contributed by atoms with Gasteiger partial charge in [0.25, 0.3) is 0 Å². The Morgan fingerprint density at radius 3 is 2.50 bits per heavy atom. The summed E-state index contributed by atoms with van der Waals surface area (Å²) in [5, 5.41) is 0. The highest BCUT2D eigenvalue weighted by molar-refractivity contribution is 9.10. The van der Waals surface area contributed by atoms with Gasteiger partial charge < -0.3 is 0 Å². The molecule has 0 aromatic carbocycles. The second-order valence-corrected chi connectivity index (χ2v) is 6.91. The van der Waals surface area contributed by atoms with Gasteiger partial charge in [-0.25, -0.2) is 13.1 Å². The number of rotatable bonds is 6. The molecule has 12 heavy (non-hydrogen) atoms. The summed E-state index contributed by atoms with van der Waals surface area (Å²) >= 11 is 2.84. The standard InChI is InChI=1S/C5H12BrNO3S2/c1-11(8)4-2-3-7-12(9,10)5-6/h7H,2-5H2,1H3. The van der Waals surface area contributed by atoms with E-state index >= 15 is 0 Å². The van der Waals surface area contributed by atoms with Gasteiger partial charge >= 0.3 is 0 Å². The molecular weight excluding hydrogens is 266 g/mol. The van der Waals surface area contributed by atoms with Crippen LogP contribution < -0.4 is 4.72 Å². The Bertz CT molecular complexity index is 239. The minimum absolute atomic E-state index is 0.0881. The molecule has 0 aliphatic rings. The molecule has 0 amide bonds. The van der Waals surface area contributed by atoms with Crippen LogP contribution in [0, 0.1) is 0 Å². The monoisotopic (exact) mass is 277 g/mol. The van der Waals surface area contributed by atoms with E-state index in [2.05, 4.69) is 20.7 Å². The normalized spacial score (nSPS) is 14.5. The van der Waals surface area contributed by atoms with Crippen molar-refractivity contribution in [3.05, 3.63) is 0 Å². The molecule has 0 fully saturated rings. The number of hydrogen-bond donors (Lipinski definition) is 1. The van der Waals surface area contributed by atoms with E-state index < -0.39 is 20.8 Å². The molecule has 1 N–H and O–H groups in total. The van der Waals surface area contributed by atoms with Crippen molar-refractivity contribution in [2.75, 3.05) is 23.2 Å². The second kappa shape index (κ2) is 6.06. The molecule has 0 bridgehead atoms. The van der Waals surface area contributed by atoms with Crippen molar-refractivity contribution in [3.8, 4) is 0 Å². The molecule has 0 aromatic heterocycles. The maximum atomic E-state index is 10.8. The molecule has 0 aliphatic heterocycles. The third-order valence-corrected chi connectivity index (χ3v) is 4.68. The molecule has 0 saturated heterocycles. The Kier molecular flexibility index (Phi) is 6.34. The molecule has 1 unspecified atom stereocenters. The van der Waals surface area contributed by atoms with Crippen LogP contribution in [0.15, 0.2) is 0 Å². The number of sulfonamides is 1. The summed E-state index contributed by atoms with van der Waals surface area (Å²) in [6, 6.07) is 0. The summed E-state index contributed by atoms with van der Waals surface area (Å²) < 4.78 is 34.4. The Morgan fingerprint density at radius 2 is 2.08 bits per heavy atom. The maximum Gasteiger partial charge on any atom is 0.221 e. The zero-order valence-corrected chi connectivity index (χ0v) is 9.97. The minimum atomic E-state index is -3.15. The number of nitrogens with one attached hydrogen (secondary N) is 1. The van der Waals surface area contributed by atoms with Crippen LogP contribution in [0.2, 0.25) is 0 Å². The Hall–Kier alpha value is 0.540. The first-order chi connectivity index (χ1) is 5.48. The predicted molar refractivity (Wildman–Crippen MR) is 54.3 cm³/mol. The summed E-state index contributed by atoms with van der Waals surface area (Å²) in [6.45, 7) is 0.355. The van der Waals surface area contributed by atoms with Crippen molar-refractivity contribution in [2.45, 2.75) is 6.42 Å². The lowest BCUT2D eigenvalue weighted by molar-refractivity contribution is 0.586. The van der Waals surface area contributed by atoms with Gasteiger partial charge in [-0.15, -0.1) is 0 Å². The molecular formula is C5H12BrNO3S2. The van der Waals surface area contributed by atoms with E-state index in [0.717, 1.165) is 0 Å². The first-order valence-corrected chi connectivity index (χ1v) is 7.81. The van der Waals surface area contributed by atoms with E-state index in [0.29, 0.717) is 18.7 Å². The molecule has 0 spiro atoms. The summed E-state index contributed by atoms with van der Waals surface area (Å²) in [4.78, 5) is 0. The fourth-order valence-electron chi connectivity index (χ4n) is 0.542. The zero-order valence-electron chi connectivity index (χ0n) is 6.75. The van der Waals surface area contributed by atoms with Gasteiger partial charge in [-0.1, -0.05) is 15.9 Å². The van der Waals surface area contributed by atoms with E-state index in [9.17, 15) is 12.6 Å². The van der Waals surface area contributed by atoms with Crippen molar-refractivity contribution in [3.63, 3.8) is 0 Å². The van der Waals surface area contributed by atoms with Crippen molar-refractivity contribution < 1.29 is 12.6 Å². The molecule has 0 heterocycles. The summed E-state index contributed by atoms with van der Waals surface area (Å²) in [5.74, 6) is 0.533. The van der Waals surface area contributed by atoms with Crippen molar-refractivity contribution in [2.24, 2.45) is 0 Å². The quantitative estimate of drug-likeness (QED) is 0.550. The largest absolute Gasteiger partial charge is 0.260 e. The molecule has 4 nitrogen and oxygen atoms in total. The molecule has 7 heteroatoms. The summed E-state index contributed by atoms with van der Waals surface area (Å²) in [6.07, 6.45) is 2.20. The van der Waals surface area contributed by atoms with E-state index in [1.54, 1.807) is 6.26 Å². The Balaban J connectivity index is 3.51. The van der Waals surface area contributed by atoms with Crippen LogP contribution in [0.1, 0.15) is 6.42 Å². The van der Waals surface area contributed by atoms with Gasteiger partial charge in [-0.3, -0.25) is 4.21 Å². The number of hydrogen-bond acceptors (Lipinski definition) is 3. The number of halogens is 1. The molecule has 0 radical (unpaired) electrons. The Morgan fingerprint density at radius 1 is 1.50 bits per heavy atom. The number of alkyl halides is 1. The highest BCUT2D eigenvalue weighted by Gasteiger charge is 2.05. The van der Waals surface area contributed by atoms with Crippen LogP contribution in [0.3, 0.4) is 0 Å². The molecule has 74 valence electrons. The molecule has 0 rings (SSSR count). The zero-order chi connectivity index (χ0) is 9.61. The highest BCUT2D eigenvalue weighted by atomic mass is 79.9. The van der Waals surface area contributed by atoms with E-state index in [1.807, 2.05) is 0 Å². The fraction of sp³-hybridized carbons (Fsp3) is 1.00. The fourth-order valence-corrected chi connectivity index (χ4v) is 2.11. The van der Waals surface area contributed by atoms with Gasteiger partial charge in [0.2, 0.25) is 10.0 Å². The van der Waals surface area contributed by atoms with Crippen LogP contribution in [0.5, 0.6) is 0 Å². The van der Waals surface area contributed by atoms with E-state index in [-0.39, 0.29) is 4.66 Å². The van der Waals surface area contributed by atoms with Gasteiger partial charge in [0, 0.05) is 29.4 Å². The second-order valence-electron chi connectivity index (χ2n) is 2.25. The van der Waals surface area contributed by atoms with Crippen molar-refractivity contribution in [1.82, 2.24) is 4.72 Å². The smallest absolute Gasteiger partial charge is 0.221 e. The van der Waals surface area contributed by atoms with Crippen molar-refractivity contribution in [1.29, 1.82) is 0 Å². The van der Waals surface area contributed by atoms with Crippen LogP contribution >= 0.6 is 15.9 Å². The van der Waals surface area contributed by atoms with Gasteiger partial charge in [-0.2, -0.15) is 0 Å². The third kappa shape index (κ3) is 7.20. The lowest BCUT2D eigenvalue weighted by Gasteiger charge is -2.01. The van der Waals surface area contributed by atoms with Crippen LogP contribution in [0.4, 0.5) is 0 Å². The molecule has 0 saturated carbocycles. The molecule has 0 aliphatic carbocycles. The minimum Gasteiger partial charge on any atom is -0.260 e.